The highest BCUT2D eigenvalue weighted by Crippen LogP contribution is 2.40. The van der Waals surface area contributed by atoms with Gasteiger partial charge in [0, 0.05) is 42.9 Å². The molecule has 5 rings (SSSR count). The van der Waals surface area contributed by atoms with Crippen LogP contribution in [0.1, 0.15) is 30.0 Å². The molecule has 2 bridgehead atoms. The molecule has 2 aliphatic rings. The summed E-state index contributed by atoms with van der Waals surface area (Å²) in [5.74, 6) is 1.83. The highest BCUT2D eigenvalue weighted by Gasteiger charge is 2.36. The zero-order valence-corrected chi connectivity index (χ0v) is 18.2. The second kappa shape index (κ2) is 8.72. The van der Waals surface area contributed by atoms with Crippen LogP contribution in [0.15, 0.2) is 71.5 Å². The van der Waals surface area contributed by atoms with Crippen molar-refractivity contribution in [2.24, 2.45) is 5.92 Å². The number of hydrogen-bond donors (Lipinski definition) is 0. The Labute approximate surface area is 184 Å². The maximum absolute atomic E-state index is 12.7. The summed E-state index contributed by atoms with van der Waals surface area (Å²) in [6.07, 6.45) is 3.48. The van der Waals surface area contributed by atoms with Crippen LogP contribution in [0.3, 0.4) is 0 Å². The van der Waals surface area contributed by atoms with Crippen molar-refractivity contribution in [3.63, 3.8) is 0 Å². The van der Waals surface area contributed by atoms with Crippen LogP contribution in [0.25, 0.3) is 11.1 Å². The predicted molar refractivity (Wildman–Crippen MR) is 125 cm³/mol. The van der Waals surface area contributed by atoms with Gasteiger partial charge in [-0.2, -0.15) is 0 Å². The van der Waals surface area contributed by atoms with Gasteiger partial charge in [-0.25, -0.2) is 0 Å². The third-order valence-corrected chi connectivity index (χ3v) is 6.85. The number of aryl methyl sites for hydroxylation is 1. The fourth-order valence-electron chi connectivity index (χ4n) is 5.46. The lowest BCUT2D eigenvalue weighted by atomic mass is 9.80. The maximum Gasteiger partial charge on any atom is 0.250 e. The monoisotopic (exact) mass is 414 g/mol. The summed E-state index contributed by atoms with van der Waals surface area (Å²) in [6.45, 7) is 4.10. The maximum atomic E-state index is 12.7. The second-order valence-corrected chi connectivity index (χ2v) is 8.96. The number of likely N-dealkylation sites (tertiary alicyclic amines) is 1. The molecule has 2 aromatic carbocycles. The zero-order valence-electron chi connectivity index (χ0n) is 18.2. The lowest BCUT2D eigenvalue weighted by Gasteiger charge is -2.43. The van der Waals surface area contributed by atoms with Crippen LogP contribution in [0.4, 0.5) is 0 Å². The van der Waals surface area contributed by atoms with Gasteiger partial charge in [0.1, 0.15) is 5.75 Å². The molecule has 2 unspecified atom stereocenters. The zero-order chi connectivity index (χ0) is 21.2. The number of piperidine rings is 1. The molecule has 0 spiro atoms. The summed E-state index contributed by atoms with van der Waals surface area (Å²) in [6, 6.07) is 22.7. The van der Waals surface area contributed by atoms with Crippen LogP contribution >= 0.6 is 0 Å². The first-order valence-electron chi connectivity index (χ1n) is 11.4. The predicted octanol–water partition coefficient (Wildman–Crippen LogP) is 4.58. The molecule has 160 valence electrons. The average Bonchev–Trinajstić information content (AvgIpc) is 2.80. The molecule has 0 saturated carbocycles. The van der Waals surface area contributed by atoms with Gasteiger partial charge < -0.3 is 14.2 Å². The van der Waals surface area contributed by atoms with Gasteiger partial charge in [0.05, 0.1) is 7.11 Å². The van der Waals surface area contributed by atoms with Crippen molar-refractivity contribution in [1.82, 2.24) is 9.47 Å². The van der Waals surface area contributed by atoms with Crippen LogP contribution in [0.5, 0.6) is 5.75 Å². The first-order valence-corrected chi connectivity index (χ1v) is 11.4. The molecule has 1 saturated heterocycles. The quantitative estimate of drug-likeness (QED) is 0.592. The molecule has 2 atom stereocenters. The van der Waals surface area contributed by atoms with Gasteiger partial charge >= 0.3 is 0 Å². The van der Waals surface area contributed by atoms with E-state index in [9.17, 15) is 4.79 Å². The van der Waals surface area contributed by atoms with Crippen LogP contribution in [0, 0.1) is 5.92 Å². The fourth-order valence-corrected chi connectivity index (χ4v) is 5.46. The van der Waals surface area contributed by atoms with E-state index in [2.05, 4.69) is 51.9 Å². The van der Waals surface area contributed by atoms with Crippen LogP contribution in [-0.4, -0.2) is 36.2 Å². The SMILES string of the molecule is COc1ccc(-c2ccc(=O)n3c2C2CC(CN(CCCc4ccccc4)C2)C3)cc1. The number of aromatic nitrogens is 1. The third kappa shape index (κ3) is 4.17. The Kier molecular flexibility index (Phi) is 5.65. The molecule has 3 aromatic rings. The Morgan fingerprint density at radius 3 is 2.52 bits per heavy atom. The Bertz CT molecular complexity index is 1090. The molecule has 0 radical (unpaired) electrons. The van der Waals surface area contributed by atoms with E-state index in [0.29, 0.717) is 11.8 Å². The van der Waals surface area contributed by atoms with Crippen molar-refractivity contribution in [3.8, 4) is 16.9 Å². The first kappa shape index (κ1) is 20.1. The highest BCUT2D eigenvalue weighted by molar-refractivity contribution is 5.67. The number of rotatable bonds is 6. The Morgan fingerprint density at radius 1 is 0.935 bits per heavy atom. The van der Waals surface area contributed by atoms with Crippen LogP contribution in [-0.2, 0) is 13.0 Å². The minimum atomic E-state index is 0.138. The number of benzene rings is 2. The van der Waals surface area contributed by atoms with E-state index in [-0.39, 0.29) is 5.56 Å². The molecule has 0 aliphatic carbocycles. The van der Waals surface area contributed by atoms with Crippen molar-refractivity contribution in [3.05, 3.63) is 88.3 Å². The second-order valence-electron chi connectivity index (χ2n) is 8.96. The normalized spacial score (nSPS) is 20.3. The molecule has 2 aliphatic heterocycles. The summed E-state index contributed by atoms with van der Waals surface area (Å²) in [4.78, 5) is 15.3. The number of pyridine rings is 1. The number of methoxy groups -OCH3 is 1. The van der Waals surface area contributed by atoms with Gasteiger partial charge in [-0.15, -0.1) is 0 Å². The van der Waals surface area contributed by atoms with Crippen molar-refractivity contribution in [2.45, 2.75) is 31.7 Å². The Balaban J connectivity index is 1.37. The molecule has 0 N–H and O–H groups in total. The van der Waals surface area contributed by atoms with Gasteiger partial charge in [0.2, 0.25) is 0 Å². The van der Waals surface area contributed by atoms with Crippen molar-refractivity contribution < 1.29 is 4.74 Å². The van der Waals surface area contributed by atoms with E-state index in [1.807, 2.05) is 18.2 Å². The molecule has 1 fully saturated rings. The average molecular weight is 415 g/mol. The number of fused-ring (bicyclic) bond motifs is 4. The van der Waals surface area contributed by atoms with Crippen molar-refractivity contribution in [2.75, 3.05) is 26.7 Å². The summed E-state index contributed by atoms with van der Waals surface area (Å²) < 4.78 is 7.38. The van der Waals surface area contributed by atoms with Gasteiger partial charge in [-0.1, -0.05) is 42.5 Å². The molecule has 3 heterocycles. The number of nitrogens with zero attached hydrogens (tertiary/aromatic N) is 2. The summed E-state index contributed by atoms with van der Waals surface area (Å²) in [7, 11) is 1.69. The summed E-state index contributed by atoms with van der Waals surface area (Å²) in [5, 5.41) is 0. The Morgan fingerprint density at radius 2 is 1.74 bits per heavy atom. The molecule has 4 nitrogen and oxygen atoms in total. The highest BCUT2D eigenvalue weighted by atomic mass is 16.5. The molecule has 31 heavy (non-hydrogen) atoms. The van der Waals surface area contributed by atoms with Gasteiger partial charge in [0.15, 0.2) is 0 Å². The summed E-state index contributed by atoms with van der Waals surface area (Å²) >= 11 is 0. The lowest BCUT2D eigenvalue weighted by molar-refractivity contribution is 0.119. The van der Waals surface area contributed by atoms with Crippen LogP contribution < -0.4 is 10.3 Å². The topological polar surface area (TPSA) is 34.5 Å². The smallest absolute Gasteiger partial charge is 0.250 e. The summed E-state index contributed by atoms with van der Waals surface area (Å²) in [5.41, 5.74) is 5.13. The van der Waals surface area contributed by atoms with E-state index in [4.69, 9.17) is 4.74 Å². The molecular weight excluding hydrogens is 384 g/mol. The van der Waals surface area contributed by atoms with Crippen molar-refractivity contribution >= 4 is 0 Å². The van der Waals surface area contributed by atoms with E-state index in [0.717, 1.165) is 43.9 Å². The third-order valence-electron chi connectivity index (χ3n) is 6.85. The first-order chi connectivity index (χ1) is 15.2. The van der Waals surface area contributed by atoms with E-state index < -0.39 is 0 Å². The van der Waals surface area contributed by atoms with E-state index in [1.165, 1.54) is 29.7 Å². The molecule has 4 heteroatoms. The van der Waals surface area contributed by atoms with Crippen molar-refractivity contribution in [1.29, 1.82) is 0 Å². The largest absolute Gasteiger partial charge is 0.497 e. The molecule has 0 amide bonds. The van der Waals surface area contributed by atoms with Crippen LogP contribution in [0.2, 0.25) is 0 Å². The minimum absolute atomic E-state index is 0.138. The fraction of sp³-hybridized carbons (Fsp3) is 0.370. The lowest BCUT2D eigenvalue weighted by Crippen LogP contribution is -2.47. The number of ether oxygens (including phenoxy) is 1. The number of hydrogen-bond acceptors (Lipinski definition) is 3. The Hall–Kier alpha value is -2.85. The van der Waals surface area contributed by atoms with Gasteiger partial charge in [-0.3, -0.25) is 4.79 Å². The van der Waals surface area contributed by atoms with E-state index >= 15 is 0 Å². The standard InChI is InChI=1S/C27H30N2O2/c1-31-24-11-9-22(10-12-24)25-13-14-26(30)29-18-21-16-23(27(25)29)19-28(17-21)15-5-8-20-6-3-2-4-7-20/h2-4,6-7,9-14,21,23H,5,8,15-19H2,1H3. The minimum Gasteiger partial charge on any atom is -0.497 e. The van der Waals surface area contributed by atoms with E-state index in [1.54, 1.807) is 13.2 Å². The molecular formula is C27H30N2O2. The molecule has 1 aromatic heterocycles. The van der Waals surface area contributed by atoms with Gasteiger partial charge in [0.25, 0.3) is 5.56 Å². The van der Waals surface area contributed by atoms with Gasteiger partial charge in [-0.05, 0) is 61.1 Å².